The van der Waals surface area contributed by atoms with Crippen molar-refractivity contribution in [3.05, 3.63) is 65.7 Å². The van der Waals surface area contributed by atoms with Crippen LogP contribution in [0.1, 0.15) is 24.5 Å². The minimum atomic E-state index is -3.71. The van der Waals surface area contributed by atoms with Gasteiger partial charge in [0.2, 0.25) is 0 Å². The summed E-state index contributed by atoms with van der Waals surface area (Å²) in [6.45, 7) is 2.58. The fraction of sp³-hybridized carbons (Fsp3) is 0.429. The highest BCUT2D eigenvalue weighted by molar-refractivity contribution is 7.96. The zero-order valence-electron chi connectivity index (χ0n) is 16.0. The average molecular weight is 422 g/mol. The maximum absolute atomic E-state index is 13.1. The topological polar surface area (TPSA) is 80.3 Å². The molecule has 0 aliphatic carbocycles. The highest BCUT2D eigenvalue weighted by Crippen LogP contribution is 2.26. The van der Waals surface area contributed by atoms with Crippen LogP contribution in [0.2, 0.25) is 0 Å². The van der Waals surface area contributed by atoms with Gasteiger partial charge in [-0.25, -0.2) is 16.8 Å². The Bertz CT molecular complexity index is 984. The van der Waals surface area contributed by atoms with Crippen LogP contribution in [0.3, 0.4) is 0 Å². The van der Waals surface area contributed by atoms with Crippen molar-refractivity contribution in [3.63, 3.8) is 0 Å². The van der Waals surface area contributed by atoms with Crippen LogP contribution < -0.4 is 5.32 Å². The van der Waals surface area contributed by atoms with Gasteiger partial charge in [0, 0.05) is 6.04 Å². The van der Waals surface area contributed by atoms with Gasteiger partial charge in [-0.1, -0.05) is 49.4 Å². The molecule has 2 aromatic rings. The van der Waals surface area contributed by atoms with Crippen molar-refractivity contribution < 1.29 is 16.8 Å². The minimum absolute atomic E-state index is 0.130. The summed E-state index contributed by atoms with van der Waals surface area (Å²) in [6.07, 6.45) is 2.51. The second kappa shape index (κ2) is 8.76. The van der Waals surface area contributed by atoms with Crippen molar-refractivity contribution in [2.75, 3.05) is 18.1 Å². The molecule has 1 aliphatic heterocycles. The van der Waals surface area contributed by atoms with Crippen molar-refractivity contribution in [3.8, 4) is 0 Å². The van der Waals surface area contributed by atoms with E-state index in [-0.39, 0.29) is 16.4 Å². The summed E-state index contributed by atoms with van der Waals surface area (Å²) in [5, 5.41) is 2.25. The minimum Gasteiger partial charge on any atom is -0.312 e. The lowest BCUT2D eigenvalue weighted by molar-refractivity contribution is 0.520. The summed E-state index contributed by atoms with van der Waals surface area (Å²) >= 11 is 0. The van der Waals surface area contributed by atoms with Gasteiger partial charge < -0.3 is 5.32 Å². The van der Waals surface area contributed by atoms with Crippen molar-refractivity contribution >= 4 is 19.7 Å². The van der Waals surface area contributed by atoms with Crippen molar-refractivity contribution in [1.29, 1.82) is 0 Å². The number of aryl methyl sites for hydroxylation is 2. The molecule has 0 bridgehead atoms. The van der Waals surface area contributed by atoms with Crippen LogP contribution in [0, 0.1) is 0 Å². The van der Waals surface area contributed by atoms with E-state index in [0.717, 1.165) is 24.8 Å². The van der Waals surface area contributed by atoms with E-state index < -0.39 is 31.0 Å². The van der Waals surface area contributed by atoms with Crippen LogP contribution in [-0.4, -0.2) is 46.2 Å². The molecule has 0 unspecified atom stereocenters. The van der Waals surface area contributed by atoms with Gasteiger partial charge in [0.05, 0.1) is 21.7 Å². The molecular weight excluding hydrogens is 394 g/mol. The fourth-order valence-corrected chi connectivity index (χ4v) is 8.34. The zero-order chi connectivity index (χ0) is 20.2. The maximum Gasteiger partial charge on any atom is 0.183 e. The summed E-state index contributed by atoms with van der Waals surface area (Å²) in [7, 11) is -7.09. The van der Waals surface area contributed by atoms with Gasteiger partial charge >= 0.3 is 0 Å². The molecule has 0 aromatic heterocycles. The third kappa shape index (κ3) is 5.01. The maximum atomic E-state index is 13.1. The second-order valence-corrected chi connectivity index (χ2v) is 11.6. The monoisotopic (exact) mass is 421 g/mol. The molecule has 0 saturated carbocycles. The number of nitrogens with one attached hydrogen (secondary N) is 1. The predicted octanol–water partition coefficient (Wildman–Crippen LogP) is 2.41. The molecule has 7 heteroatoms. The first-order valence-corrected chi connectivity index (χ1v) is 13.0. The van der Waals surface area contributed by atoms with Crippen LogP contribution in [0.4, 0.5) is 0 Å². The van der Waals surface area contributed by atoms with Crippen LogP contribution in [0.5, 0.6) is 0 Å². The lowest BCUT2D eigenvalue weighted by Gasteiger charge is -2.20. The summed E-state index contributed by atoms with van der Waals surface area (Å²) in [5.74, 6) is -0.448. The van der Waals surface area contributed by atoms with Crippen LogP contribution in [0.25, 0.3) is 0 Å². The Morgan fingerprint density at radius 3 is 2.29 bits per heavy atom. The second-order valence-electron chi connectivity index (χ2n) is 7.31. The standard InChI is InChI=1S/C21H27NO4S2/c1-2-17-10-12-19(13-11-17)28(25,26)21-16-27(23,24)15-20(21)22-14-6-9-18-7-4-3-5-8-18/h3-5,7-8,10-13,20-22H,2,6,9,14-16H2,1H3/t20-,21-/m0/s1. The van der Waals surface area contributed by atoms with E-state index >= 15 is 0 Å². The Labute approximate surface area is 168 Å². The van der Waals surface area contributed by atoms with Crippen LogP contribution >= 0.6 is 0 Å². The van der Waals surface area contributed by atoms with Crippen molar-refractivity contribution in [1.82, 2.24) is 5.32 Å². The zero-order valence-corrected chi connectivity index (χ0v) is 17.7. The average Bonchev–Trinajstić information content (AvgIpc) is 3.01. The van der Waals surface area contributed by atoms with Gasteiger partial charge in [0.1, 0.15) is 0 Å². The first-order chi connectivity index (χ1) is 13.3. The molecule has 1 fully saturated rings. The first kappa shape index (κ1) is 21.0. The van der Waals surface area contributed by atoms with E-state index in [2.05, 4.69) is 5.32 Å². The number of rotatable bonds is 8. The van der Waals surface area contributed by atoms with Gasteiger partial charge in [0.15, 0.2) is 19.7 Å². The molecule has 0 spiro atoms. The number of benzene rings is 2. The Morgan fingerprint density at radius 2 is 1.64 bits per heavy atom. The molecule has 2 aromatic carbocycles. The summed E-state index contributed by atoms with van der Waals surface area (Å²) in [4.78, 5) is 0.197. The summed E-state index contributed by atoms with van der Waals surface area (Å²) in [5.41, 5.74) is 2.26. The Balaban J connectivity index is 1.68. The van der Waals surface area contributed by atoms with E-state index in [1.165, 1.54) is 5.56 Å². The Kier molecular flexibility index (Phi) is 6.58. The van der Waals surface area contributed by atoms with Gasteiger partial charge in [-0.3, -0.25) is 0 Å². The highest BCUT2D eigenvalue weighted by Gasteiger charge is 2.45. The largest absolute Gasteiger partial charge is 0.312 e. The molecule has 28 heavy (non-hydrogen) atoms. The molecule has 1 heterocycles. The van der Waals surface area contributed by atoms with Gasteiger partial charge in [-0.2, -0.15) is 0 Å². The molecule has 3 rings (SSSR count). The molecule has 5 nitrogen and oxygen atoms in total. The smallest absolute Gasteiger partial charge is 0.183 e. The molecule has 152 valence electrons. The highest BCUT2D eigenvalue weighted by atomic mass is 32.2. The van der Waals surface area contributed by atoms with E-state index in [0.29, 0.717) is 6.54 Å². The molecule has 1 N–H and O–H groups in total. The van der Waals surface area contributed by atoms with Crippen molar-refractivity contribution in [2.45, 2.75) is 42.4 Å². The molecule has 1 aliphatic rings. The number of hydrogen-bond acceptors (Lipinski definition) is 5. The van der Waals surface area contributed by atoms with E-state index in [9.17, 15) is 16.8 Å². The van der Waals surface area contributed by atoms with Crippen LogP contribution in [0.15, 0.2) is 59.5 Å². The van der Waals surface area contributed by atoms with Gasteiger partial charge in [-0.15, -0.1) is 0 Å². The van der Waals surface area contributed by atoms with E-state index in [4.69, 9.17) is 0 Å². The predicted molar refractivity (Wildman–Crippen MR) is 112 cm³/mol. The summed E-state index contributed by atoms with van der Waals surface area (Å²) in [6, 6.07) is 16.2. The van der Waals surface area contributed by atoms with E-state index in [1.54, 1.807) is 24.3 Å². The van der Waals surface area contributed by atoms with Gasteiger partial charge in [-0.05, 0) is 49.1 Å². The molecule has 0 radical (unpaired) electrons. The number of hydrogen-bond donors (Lipinski definition) is 1. The SMILES string of the molecule is CCc1ccc(S(=O)(=O)[C@H]2CS(=O)(=O)C[C@@H]2NCCCc2ccccc2)cc1. The van der Waals surface area contributed by atoms with E-state index in [1.807, 2.05) is 37.3 Å². The first-order valence-electron chi connectivity index (χ1n) is 9.62. The molecular formula is C21H27NO4S2. The lowest BCUT2D eigenvalue weighted by Crippen LogP contribution is -2.43. The molecule has 2 atom stereocenters. The summed E-state index contributed by atoms with van der Waals surface area (Å²) < 4.78 is 50.5. The molecule has 1 saturated heterocycles. The van der Waals surface area contributed by atoms with Crippen LogP contribution in [-0.2, 0) is 32.5 Å². The normalized spacial score (nSPS) is 21.6. The fourth-order valence-electron chi connectivity index (χ4n) is 3.63. The third-order valence-electron chi connectivity index (χ3n) is 5.25. The Hall–Kier alpha value is -1.70. The quantitative estimate of drug-likeness (QED) is 0.662. The van der Waals surface area contributed by atoms with Crippen molar-refractivity contribution in [2.24, 2.45) is 0 Å². The Morgan fingerprint density at radius 1 is 0.964 bits per heavy atom. The molecule has 0 amide bonds. The third-order valence-corrected chi connectivity index (χ3v) is 9.42. The number of sulfone groups is 2. The lowest BCUT2D eigenvalue weighted by atomic mass is 10.1. The van der Waals surface area contributed by atoms with Gasteiger partial charge in [0.25, 0.3) is 0 Å².